The van der Waals surface area contributed by atoms with E-state index in [0.717, 1.165) is 44.8 Å². The molecule has 1 atom stereocenters. The van der Waals surface area contributed by atoms with Crippen molar-refractivity contribution in [1.82, 2.24) is 9.55 Å². The van der Waals surface area contributed by atoms with Crippen LogP contribution in [0.2, 0.25) is 0 Å². The van der Waals surface area contributed by atoms with E-state index in [1.807, 2.05) is 48.5 Å². The summed E-state index contributed by atoms with van der Waals surface area (Å²) in [5, 5.41) is 1.13. The van der Waals surface area contributed by atoms with Crippen LogP contribution in [0, 0.1) is 0 Å². The van der Waals surface area contributed by atoms with Crippen LogP contribution in [0.25, 0.3) is 0 Å². The van der Waals surface area contributed by atoms with Gasteiger partial charge in [-0.05, 0) is 23.3 Å². The summed E-state index contributed by atoms with van der Waals surface area (Å²) < 4.78 is 12.6. The normalized spacial score (nSPS) is 15.1. The van der Waals surface area contributed by atoms with E-state index < -0.39 is 0 Å². The molecular weight excluding hydrogens is 416 g/mol. The van der Waals surface area contributed by atoms with Crippen LogP contribution in [0.1, 0.15) is 23.7 Å². The van der Waals surface area contributed by atoms with Gasteiger partial charge in [-0.3, -0.25) is 9.36 Å². The van der Waals surface area contributed by atoms with Crippen molar-refractivity contribution in [1.29, 1.82) is 0 Å². The second kappa shape index (κ2) is 9.18. The lowest BCUT2D eigenvalue weighted by Gasteiger charge is -2.14. The predicted octanol–water partition coefficient (Wildman–Crippen LogP) is 4.64. The number of hydrogen-bond donors (Lipinski definition) is 0. The van der Waals surface area contributed by atoms with Crippen LogP contribution >= 0.6 is 23.5 Å². The molecule has 0 radical (unpaired) electrons. The first-order valence-electron chi connectivity index (χ1n) is 9.76. The summed E-state index contributed by atoms with van der Waals surface area (Å²) in [5.41, 5.74) is 3.12. The number of benzene rings is 2. The van der Waals surface area contributed by atoms with Gasteiger partial charge in [0.2, 0.25) is 0 Å². The van der Waals surface area contributed by atoms with Gasteiger partial charge in [-0.2, -0.15) is 0 Å². The molecule has 0 amide bonds. The van der Waals surface area contributed by atoms with Gasteiger partial charge in [-0.25, -0.2) is 4.98 Å². The van der Waals surface area contributed by atoms with Gasteiger partial charge in [-0.1, -0.05) is 49.0 Å². The number of thioether (sulfide) groups is 2. The van der Waals surface area contributed by atoms with E-state index in [-0.39, 0.29) is 5.56 Å². The van der Waals surface area contributed by atoms with Gasteiger partial charge >= 0.3 is 0 Å². The highest BCUT2D eigenvalue weighted by Crippen LogP contribution is 2.35. The Bertz CT molecular complexity index is 1080. The highest BCUT2D eigenvalue weighted by Gasteiger charge is 2.26. The second-order valence-electron chi connectivity index (χ2n) is 7.19. The molecule has 30 heavy (non-hydrogen) atoms. The van der Waals surface area contributed by atoms with Crippen LogP contribution < -0.4 is 15.0 Å². The molecule has 5 nitrogen and oxygen atoms in total. The SMILES string of the molecule is COc1cc(CSc2nc3c(c(=O)n2Cc2ccccc2)SC(C)C3)cc(OC)c1. The third-order valence-corrected chi connectivity index (χ3v) is 7.19. The maximum Gasteiger partial charge on any atom is 0.268 e. The van der Waals surface area contributed by atoms with Crippen LogP contribution in [0.3, 0.4) is 0 Å². The summed E-state index contributed by atoms with van der Waals surface area (Å²) >= 11 is 3.21. The van der Waals surface area contributed by atoms with Gasteiger partial charge in [0.15, 0.2) is 5.16 Å². The molecule has 0 saturated heterocycles. The highest BCUT2D eigenvalue weighted by molar-refractivity contribution is 8.00. The Kier molecular flexibility index (Phi) is 6.39. The lowest BCUT2D eigenvalue weighted by atomic mass is 10.2. The molecule has 156 valence electrons. The van der Waals surface area contributed by atoms with E-state index >= 15 is 0 Å². The lowest BCUT2D eigenvalue weighted by Crippen LogP contribution is -2.25. The fraction of sp³-hybridized carbons (Fsp3) is 0.304. The Morgan fingerprint density at radius 1 is 1.10 bits per heavy atom. The first kappa shape index (κ1) is 20.9. The van der Waals surface area contributed by atoms with Crippen LogP contribution in [0.4, 0.5) is 0 Å². The Morgan fingerprint density at radius 3 is 2.47 bits per heavy atom. The Hall–Kier alpha value is -2.38. The molecule has 0 spiro atoms. The molecule has 0 bridgehead atoms. The maximum atomic E-state index is 13.3. The standard InChI is InChI=1S/C23H24N2O3S2/c1-15-9-20-21(30-15)22(26)25(13-16-7-5-4-6-8-16)23(24-20)29-14-17-10-18(27-2)12-19(11-17)28-3/h4-8,10-12,15H,9,13-14H2,1-3H3. The minimum absolute atomic E-state index is 0.0592. The van der Waals surface area contributed by atoms with Gasteiger partial charge in [-0.15, -0.1) is 11.8 Å². The van der Waals surface area contributed by atoms with Gasteiger partial charge < -0.3 is 9.47 Å². The summed E-state index contributed by atoms with van der Waals surface area (Å²) in [4.78, 5) is 19.0. The zero-order chi connectivity index (χ0) is 21.1. The van der Waals surface area contributed by atoms with Crippen LogP contribution in [-0.4, -0.2) is 29.0 Å². The van der Waals surface area contributed by atoms with E-state index in [1.165, 1.54) is 0 Å². The number of aromatic nitrogens is 2. The number of ether oxygens (including phenoxy) is 2. The van der Waals surface area contributed by atoms with Gasteiger partial charge in [0.1, 0.15) is 11.5 Å². The molecule has 7 heteroatoms. The van der Waals surface area contributed by atoms with E-state index in [4.69, 9.17) is 14.5 Å². The highest BCUT2D eigenvalue weighted by atomic mass is 32.2. The number of nitrogens with zero attached hydrogens (tertiary/aromatic N) is 2. The monoisotopic (exact) mass is 440 g/mol. The summed E-state index contributed by atoms with van der Waals surface area (Å²) in [7, 11) is 3.29. The largest absolute Gasteiger partial charge is 0.497 e. The Balaban J connectivity index is 1.68. The fourth-order valence-corrected chi connectivity index (χ4v) is 5.50. The summed E-state index contributed by atoms with van der Waals surface area (Å²) in [6.07, 6.45) is 0.835. The molecule has 0 saturated carbocycles. The van der Waals surface area contributed by atoms with Crippen molar-refractivity contribution in [2.24, 2.45) is 0 Å². The molecule has 0 N–H and O–H groups in total. The average Bonchev–Trinajstić information content (AvgIpc) is 3.15. The summed E-state index contributed by atoms with van der Waals surface area (Å²) in [5.74, 6) is 2.16. The van der Waals surface area contributed by atoms with E-state index in [1.54, 1.807) is 42.3 Å². The molecule has 2 heterocycles. The van der Waals surface area contributed by atoms with Crippen molar-refractivity contribution in [3.05, 3.63) is 75.7 Å². The van der Waals surface area contributed by atoms with Crippen molar-refractivity contribution in [3.63, 3.8) is 0 Å². The molecule has 0 aliphatic carbocycles. The summed E-state index contributed by atoms with van der Waals surface area (Å²) in [6, 6.07) is 15.9. The van der Waals surface area contributed by atoms with Crippen molar-refractivity contribution >= 4 is 23.5 Å². The molecule has 1 unspecified atom stereocenters. The van der Waals surface area contributed by atoms with Crippen molar-refractivity contribution < 1.29 is 9.47 Å². The minimum atomic E-state index is 0.0592. The first-order valence-corrected chi connectivity index (χ1v) is 11.6. The van der Waals surface area contributed by atoms with E-state index in [2.05, 4.69) is 6.92 Å². The molecule has 3 aromatic rings. The molecule has 2 aromatic carbocycles. The van der Waals surface area contributed by atoms with E-state index in [9.17, 15) is 4.79 Å². The van der Waals surface area contributed by atoms with Gasteiger partial charge in [0.25, 0.3) is 5.56 Å². The fourth-order valence-electron chi connectivity index (χ4n) is 3.44. The molecule has 0 fully saturated rings. The number of rotatable bonds is 7. The van der Waals surface area contributed by atoms with Gasteiger partial charge in [0.05, 0.1) is 31.4 Å². The van der Waals surface area contributed by atoms with Gasteiger partial charge in [0, 0.05) is 23.5 Å². The third-order valence-electron chi connectivity index (χ3n) is 4.93. The number of methoxy groups -OCH3 is 2. The summed E-state index contributed by atoms with van der Waals surface area (Å²) in [6.45, 7) is 2.65. The maximum absolute atomic E-state index is 13.3. The van der Waals surface area contributed by atoms with Crippen molar-refractivity contribution in [3.8, 4) is 11.5 Å². The van der Waals surface area contributed by atoms with E-state index in [0.29, 0.717) is 17.5 Å². The second-order valence-corrected chi connectivity index (χ2v) is 9.58. The Morgan fingerprint density at radius 2 is 1.80 bits per heavy atom. The topological polar surface area (TPSA) is 53.3 Å². The molecular formula is C23H24N2O3S2. The third kappa shape index (κ3) is 4.52. The van der Waals surface area contributed by atoms with Crippen molar-refractivity contribution in [2.45, 2.75) is 40.9 Å². The van der Waals surface area contributed by atoms with Crippen LogP contribution in [0.15, 0.2) is 63.4 Å². The van der Waals surface area contributed by atoms with Crippen LogP contribution in [0.5, 0.6) is 11.5 Å². The number of hydrogen-bond acceptors (Lipinski definition) is 6. The predicted molar refractivity (Wildman–Crippen MR) is 122 cm³/mol. The number of fused-ring (bicyclic) bond motifs is 1. The zero-order valence-corrected chi connectivity index (χ0v) is 18.9. The smallest absolute Gasteiger partial charge is 0.268 e. The molecule has 1 aromatic heterocycles. The molecule has 4 rings (SSSR count). The quantitative estimate of drug-likeness (QED) is 0.394. The first-order chi connectivity index (χ1) is 14.6. The zero-order valence-electron chi connectivity index (χ0n) is 17.3. The van der Waals surface area contributed by atoms with Crippen LogP contribution in [-0.2, 0) is 18.7 Å². The lowest BCUT2D eigenvalue weighted by molar-refractivity contribution is 0.393. The minimum Gasteiger partial charge on any atom is -0.497 e. The Labute approximate surface area is 184 Å². The van der Waals surface area contributed by atoms with Crippen molar-refractivity contribution in [2.75, 3.05) is 14.2 Å². The molecule has 1 aliphatic rings. The molecule has 1 aliphatic heterocycles. The average molecular weight is 441 g/mol.